The molecule has 1 aromatic carbocycles. The van der Waals surface area contributed by atoms with Crippen molar-refractivity contribution in [3.8, 4) is 16.3 Å². The van der Waals surface area contributed by atoms with Crippen LogP contribution in [0.5, 0.6) is 5.75 Å². The van der Waals surface area contributed by atoms with Crippen molar-refractivity contribution < 1.29 is 28.2 Å². The number of fused-ring (bicyclic) bond motifs is 1. The maximum absolute atomic E-state index is 14.1. The Labute approximate surface area is 217 Å². The fourth-order valence-corrected chi connectivity index (χ4v) is 5.31. The zero-order valence-electron chi connectivity index (χ0n) is 21.1. The number of carbonyl (C=O) groups excluding carboxylic acids is 1. The molecule has 1 atom stereocenters. The molecule has 0 fully saturated rings. The number of aromatic hydroxyl groups is 1. The molecule has 198 valence electrons. The second kappa shape index (κ2) is 10.7. The number of rotatable bonds is 9. The van der Waals surface area contributed by atoms with Gasteiger partial charge in [-0.25, -0.2) is 13.8 Å². The largest absolute Gasteiger partial charge is 0.503 e. The molecular formula is C26H29F2N3O5S. The van der Waals surface area contributed by atoms with E-state index < -0.39 is 34.3 Å². The van der Waals surface area contributed by atoms with Crippen molar-refractivity contribution in [2.24, 2.45) is 0 Å². The van der Waals surface area contributed by atoms with Crippen LogP contribution in [0.2, 0.25) is 0 Å². The Bertz CT molecular complexity index is 1370. The average molecular weight is 534 g/mol. The first-order valence-electron chi connectivity index (χ1n) is 11.8. The number of aromatic nitrogens is 2. The Morgan fingerprint density at radius 3 is 2.68 bits per heavy atom. The van der Waals surface area contributed by atoms with Gasteiger partial charge in [-0.2, -0.15) is 0 Å². The van der Waals surface area contributed by atoms with E-state index in [4.69, 9.17) is 9.47 Å². The third-order valence-corrected chi connectivity index (χ3v) is 7.40. The predicted octanol–water partition coefficient (Wildman–Crippen LogP) is 3.79. The van der Waals surface area contributed by atoms with E-state index in [1.165, 1.54) is 24.5 Å². The van der Waals surface area contributed by atoms with Crippen molar-refractivity contribution in [1.29, 1.82) is 0 Å². The number of hydrogen-bond acceptors (Lipinski definition) is 7. The van der Waals surface area contributed by atoms with Gasteiger partial charge in [-0.15, -0.1) is 11.3 Å². The number of benzene rings is 1. The highest BCUT2D eigenvalue weighted by molar-refractivity contribution is 7.15. The normalized spacial score (nSPS) is 17.5. The summed E-state index contributed by atoms with van der Waals surface area (Å²) in [6, 6.07) is 3.20. The molecule has 1 unspecified atom stereocenters. The van der Waals surface area contributed by atoms with Crippen LogP contribution in [0.4, 0.5) is 8.78 Å². The van der Waals surface area contributed by atoms with E-state index in [2.05, 4.69) is 4.98 Å². The Kier molecular flexibility index (Phi) is 7.77. The minimum atomic E-state index is -0.793. The minimum absolute atomic E-state index is 0.100. The number of thiazole rings is 1. The highest BCUT2D eigenvalue weighted by atomic mass is 32.1. The zero-order valence-corrected chi connectivity index (χ0v) is 21.9. The predicted molar refractivity (Wildman–Crippen MR) is 135 cm³/mol. The van der Waals surface area contributed by atoms with E-state index in [9.17, 15) is 23.5 Å². The van der Waals surface area contributed by atoms with E-state index in [1.54, 1.807) is 16.6 Å². The molecule has 0 spiro atoms. The molecule has 1 aliphatic rings. The lowest BCUT2D eigenvalue weighted by Crippen LogP contribution is -2.57. The average Bonchev–Trinajstić information content (AvgIpc) is 3.31. The minimum Gasteiger partial charge on any atom is -0.503 e. The Morgan fingerprint density at radius 2 is 2.00 bits per heavy atom. The lowest BCUT2D eigenvalue weighted by molar-refractivity contribution is -0.00221. The number of halogens is 2. The summed E-state index contributed by atoms with van der Waals surface area (Å²) in [4.78, 5) is 33.1. The van der Waals surface area contributed by atoms with Crippen LogP contribution in [0.3, 0.4) is 0 Å². The topological polar surface area (TPSA) is 93.9 Å². The van der Waals surface area contributed by atoms with Crippen molar-refractivity contribution in [2.45, 2.75) is 38.8 Å². The second-order valence-corrected chi connectivity index (χ2v) is 10.7. The number of ether oxygens (including phenoxy) is 2. The molecule has 1 aliphatic heterocycles. The quantitative estimate of drug-likeness (QED) is 0.421. The monoisotopic (exact) mass is 533 g/mol. The van der Waals surface area contributed by atoms with Crippen molar-refractivity contribution in [3.05, 3.63) is 68.6 Å². The molecule has 4 rings (SSSR count). The van der Waals surface area contributed by atoms with Gasteiger partial charge in [0.05, 0.1) is 30.9 Å². The summed E-state index contributed by atoms with van der Waals surface area (Å²) >= 11 is 1.16. The number of amides is 1. The fourth-order valence-electron chi connectivity index (χ4n) is 4.37. The molecule has 37 heavy (non-hydrogen) atoms. The molecular weight excluding hydrogens is 504 g/mol. The smallest absolute Gasteiger partial charge is 0.274 e. The van der Waals surface area contributed by atoms with Gasteiger partial charge in [-0.1, -0.05) is 6.07 Å². The number of pyridine rings is 1. The molecule has 1 N–H and O–H groups in total. The van der Waals surface area contributed by atoms with Gasteiger partial charge in [-0.3, -0.25) is 9.59 Å². The van der Waals surface area contributed by atoms with Crippen molar-refractivity contribution in [2.75, 3.05) is 33.5 Å². The second-order valence-electron chi connectivity index (χ2n) is 9.55. The van der Waals surface area contributed by atoms with Crippen LogP contribution in [0.15, 0.2) is 35.4 Å². The van der Waals surface area contributed by atoms with Crippen LogP contribution >= 0.6 is 11.3 Å². The van der Waals surface area contributed by atoms with Crippen molar-refractivity contribution in [1.82, 2.24) is 14.5 Å². The first kappa shape index (κ1) is 26.9. The molecule has 0 bridgehead atoms. The van der Waals surface area contributed by atoms with Crippen molar-refractivity contribution in [3.63, 3.8) is 0 Å². The highest BCUT2D eigenvalue weighted by Gasteiger charge is 2.43. The van der Waals surface area contributed by atoms with E-state index in [0.717, 1.165) is 17.4 Å². The molecule has 2 aromatic heterocycles. The molecule has 11 heteroatoms. The first-order chi connectivity index (χ1) is 17.6. The molecule has 1 amide bonds. The maximum atomic E-state index is 14.1. The highest BCUT2D eigenvalue weighted by Crippen LogP contribution is 2.35. The molecule has 0 saturated heterocycles. The third-order valence-electron chi connectivity index (χ3n) is 6.37. The van der Waals surface area contributed by atoms with Crippen molar-refractivity contribution >= 4 is 17.2 Å². The lowest BCUT2D eigenvalue weighted by atomic mass is 9.95. The summed E-state index contributed by atoms with van der Waals surface area (Å²) in [6.45, 7) is 6.86. The Hall–Kier alpha value is -3.15. The summed E-state index contributed by atoms with van der Waals surface area (Å²) in [7, 11) is 1.57. The first-order valence-corrected chi connectivity index (χ1v) is 12.6. The van der Waals surface area contributed by atoms with E-state index in [0.29, 0.717) is 35.2 Å². The summed E-state index contributed by atoms with van der Waals surface area (Å²) < 4.78 is 39.9. The lowest BCUT2D eigenvalue weighted by Gasteiger charge is -2.45. The molecule has 0 radical (unpaired) electrons. The van der Waals surface area contributed by atoms with Gasteiger partial charge in [0.25, 0.3) is 5.91 Å². The molecule has 0 saturated carbocycles. The molecule has 3 aromatic rings. The van der Waals surface area contributed by atoms with Gasteiger partial charge in [0.1, 0.15) is 16.6 Å². The standard InChI is InChI=1S/C26H29F2N3O5S/c1-15(2)30-13-26(3,14-36-8-7-35-4)31-12-19(22(32)23(33)21(31)25(30)34)24-29-11-18(37-24)9-16-5-6-17(27)10-20(16)28/h5-6,10-12,15,33H,7-9,13-14H2,1-4H3. The van der Waals surface area contributed by atoms with Gasteiger partial charge in [0.2, 0.25) is 5.43 Å². The van der Waals surface area contributed by atoms with Gasteiger partial charge >= 0.3 is 0 Å². The van der Waals surface area contributed by atoms with Gasteiger partial charge < -0.3 is 24.0 Å². The maximum Gasteiger partial charge on any atom is 0.274 e. The van der Waals surface area contributed by atoms with Crippen LogP contribution in [0.1, 0.15) is 41.7 Å². The van der Waals surface area contributed by atoms with Gasteiger partial charge in [0.15, 0.2) is 11.4 Å². The number of carbonyl (C=O) groups is 1. The van der Waals surface area contributed by atoms with Crippen LogP contribution in [0.25, 0.3) is 10.6 Å². The Balaban J connectivity index is 1.75. The zero-order chi connectivity index (χ0) is 26.9. The molecule has 3 heterocycles. The third kappa shape index (κ3) is 5.29. The van der Waals surface area contributed by atoms with E-state index >= 15 is 0 Å². The Morgan fingerprint density at radius 1 is 1.24 bits per heavy atom. The van der Waals surface area contributed by atoms with Crippen LogP contribution in [-0.4, -0.2) is 65.0 Å². The number of nitrogens with zero attached hydrogens (tertiary/aromatic N) is 3. The van der Waals surface area contributed by atoms with Gasteiger partial charge in [0, 0.05) is 49.5 Å². The molecule has 8 nitrogen and oxygen atoms in total. The van der Waals surface area contributed by atoms with E-state index in [-0.39, 0.29) is 30.3 Å². The number of hydrogen-bond donors (Lipinski definition) is 1. The van der Waals surface area contributed by atoms with Crippen LogP contribution in [-0.2, 0) is 21.4 Å². The fraction of sp³-hybridized carbons (Fsp3) is 0.423. The summed E-state index contributed by atoms with van der Waals surface area (Å²) in [5.41, 5.74) is -1.20. The van der Waals surface area contributed by atoms with Gasteiger partial charge in [-0.05, 0) is 32.4 Å². The molecule has 0 aliphatic carbocycles. The number of methoxy groups -OCH3 is 1. The van der Waals surface area contributed by atoms with Crippen LogP contribution in [0, 0.1) is 11.6 Å². The van der Waals surface area contributed by atoms with Crippen LogP contribution < -0.4 is 5.43 Å². The summed E-state index contributed by atoms with van der Waals surface area (Å²) in [5, 5.41) is 11.3. The SMILES string of the molecule is COCCOCC1(C)CN(C(C)C)C(=O)c2c(O)c(=O)c(-c3ncc(Cc4ccc(F)cc4F)s3)cn21. The van der Waals surface area contributed by atoms with E-state index in [1.807, 2.05) is 20.8 Å². The summed E-state index contributed by atoms with van der Waals surface area (Å²) in [5.74, 6) is -2.43. The summed E-state index contributed by atoms with van der Waals surface area (Å²) in [6.07, 6.45) is 3.21.